The number of allylic oxidation sites excluding steroid dienone is 4. The van der Waals surface area contributed by atoms with E-state index in [1.165, 1.54) is 23.1 Å². The zero-order chi connectivity index (χ0) is 18.6. The summed E-state index contributed by atoms with van der Waals surface area (Å²) < 4.78 is 0. The van der Waals surface area contributed by atoms with E-state index in [9.17, 15) is 4.79 Å². The fourth-order valence-electron chi connectivity index (χ4n) is 2.76. The van der Waals surface area contributed by atoms with Crippen molar-refractivity contribution in [2.75, 3.05) is 14.2 Å². The van der Waals surface area contributed by atoms with E-state index in [2.05, 4.69) is 40.7 Å². The molecule has 4 nitrogen and oxygen atoms in total. The van der Waals surface area contributed by atoms with Crippen molar-refractivity contribution in [3.8, 4) is 0 Å². The van der Waals surface area contributed by atoms with Gasteiger partial charge in [-0.25, -0.2) is 5.57 Å². The van der Waals surface area contributed by atoms with Crippen molar-refractivity contribution >= 4 is 5.97 Å². The number of carboxylic acid groups (broad SMARTS) is 1. The number of aliphatic carboxylic acids is 1. The Morgan fingerprint density at radius 2 is 1.46 bits per heavy atom. The van der Waals surface area contributed by atoms with Gasteiger partial charge in [-0.1, -0.05) is 52.4 Å². The van der Waals surface area contributed by atoms with Crippen molar-refractivity contribution in [3.63, 3.8) is 0 Å². The third kappa shape index (κ3) is 9.78. The normalized spacial score (nSPS) is 18.5. The molecule has 0 aromatic heterocycles. The van der Waals surface area contributed by atoms with Crippen LogP contribution in [-0.4, -0.2) is 25.3 Å². The average Bonchev–Trinajstić information content (AvgIpc) is 2.74. The van der Waals surface area contributed by atoms with E-state index in [4.69, 9.17) is 15.3 Å². The van der Waals surface area contributed by atoms with Crippen LogP contribution in [0, 0.1) is 17.4 Å². The number of hydrogen-bond acceptors (Lipinski definition) is 3. The number of rotatable bonds is 1. The molecule has 1 saturated carbocycles. The summed E-state index contributed by atoms with van der Waals surface area (Å²) in [6, 6.07) is 0. The zero-order valence-electron chi connectivity index (χ0n) is 16.3. The van der Waals surface area contributed by atoms with Gasteiger partial charge in [0.25, 0.3) is 0 Å². The molecule has 2 rings (SSSR count). The molecule has 0 bridgehead atoms. The second-order valence-electron chi connectivity index (χ2n) is 6.30. The molecule has 0 spiro atoms. The van der Waals surface area contributed by atoms with Gasteiger partial charge < -0.3 is 15.3 Å². The first-order chi connectivity index (χ1) is 10.8. The van der Waals surface area contributed by atoms with Gasteiger partial charge in [-0.3, -0.25) is 10.9 Å². The summed E-state index contributed by atoms with van der Waals surface area (Å²) >= 11 is 0. The van der Waals surface area contributed by atoms with Gasteiger partial charge in [0.1, 0.15) is 0 Å². The van der Waals surface area contributed by atoms with Gasteiger partial charge in [0.05, 0.1) is 5.92 Å². The molecule has 0 heterocycles. The van der Waals surface area contributed by atoms with E-state index in [-0.39, 0.29) is 33.1 Å². The Labute approximate surface area is 162 Å². The van der Waals surface area contributed by atoms with Crippen LogP contribution in [0.5, 0.6) is 0 Å². The molecule has 0 aliphatic heterocycles. The van der Waals surface area contributed by atoms with E-state index in [1.54, 1.807) is 0 Å². The Morgan fingerprint density at radius 3 is 1.62 bits per heavy atom. The molecule has 137 valence electrons. The second kappa shape index (κ2) is 14.9. The van der Waals surface area contributed by atoms with Crippen molar-refractivity contribution in [2.24, 2.45) is 11.3 Å². The predicted molar refractivity (Wildman–Crippen MR) is 90.6 cm³/mol. The summed E-state index contributed by atoms with van der Waals surface area (Å²) in [7, 11) is 1.50. The van der Waals surface area contributed by atoms with Gasteiger partial charge in [0.2, 0.25) is 0 Å². The maximum absolute atomic E-state index is 10.4. The summed E-state index contributed by atoms with van der Waals surface area (Å²) in [5, 5.41) is 25.0. The van der Waals surface area contributed by atoms with E-state index in [1.807, 2.05) is 0 Å². The Hall–Kier alpha value is -0.416. The minimum Gasteiger partial charge on any atom is -0.857 e. The van der Waals surface area contributed by atoms with Crippen molar-refractivity contribution in [3.05, 3.63) is 22.8 Å². The molecular weight excluding hydrogens is 340 g/mol. The topological polar surface area (TPSA) is 83.4 Å². The number of hydrogen-bond donors (Lipinski definition) is 1. The van der Waals surface area contributed by atoms with Crippen LogP contribution in [0.2, 0.25) is 0 Å². The standard InChI is InChI=1S/C10H15.C7H12O2.2CH3O.Ti/c1-7-6-10(4,5)9(3)8(7)2;8-7(9)6-4-2-1-3-5-6;2*1-2;/h1-5H3;6H,1-5H2,(H,8,9);2*1H3;/q-1;;2*-1;+3. The Balaban J connectivity index is -0.000000295. The molecular formula is C19H33O4Ti. The van der Waals surface area contributed by atoms with Crippen LogP contribution in [0.25, 0.3) is 0 Å². The van der Waals surface area contributed by atoms with Crippen molar-refractivity contribution in [2.45, 2.75) is 66.7 Å². The van der Waals surface area contributed by atoms with Crippen LogP contribution in [0.1, 0.15) is 66.7 Å². The molecule has 0 atom stereocenters. The second-order valence-corrected chi connectivity index (χ2v) is 6.30. The van der Waals surface area contributed by atoms with Gasteiger partial charge in [-0.05, 0) is 12.8 Å². The SMILES string of the molecule is CC1=[C-]C(C)(C)C(C)=C1C.C[O-].C[O-].O=C(O)C1CCCCC1.[Ti+3]. The van der Waals surface area contributed by atoms with Crippen LogP contribution >= 0.6 is 0 Å². The molecule has 2 aliphatic rings. The van der Waals surface area contributed by atoms with E-state index in [0.717, 1.165) is 39.9 Å². The quantitative estimate of drug-likeness (QED) is 0.566. The van der Waals surface area contributed by atoms with E-state index in [0.29, 0.717) is 0 Å². The maximum atomic E-state index is 10.4. The van der Waals surface area contributed by atoms with Crippen molar-refractivity contribution in [1.29, 1.82) is 0 Å². The molecule has 0 aromatic carbocycles. The molecule has 5 heteroatoms. The third-order valence-electron chi connectivity index (χ3n) is 4.52. The van der Waals surface area contributed by atoms with Crippen molar-refractivity contribution < 1.29 is 41.8 Å². The van der Waals surface area contributed by atoms with Gasteiger partial charge in [-0.15, -0.1) is 6.92 Å². The number of carboxylic acids is 1. The van der Waals surface area contributed by atoms with Gasteiger partial charge in [0, 0.05) is 0 Å². The summed E-state index contributed by atoms with van der Waals surface area (Å²) in [5.74, 6) is -0.631. The molecule has 1 radical (unpaired) electrons. The third-order valence-corrected chi connectivity index (χ3v) is 4.52. The fraction of sp³-hybridized carbons (Fsp3) is 0.737. The van der Waals surface area contributed by atoms with Crippen LogP contribution in [-0.2, 0) is 26.5 Å². The average molecular weight is 373 g/mol. The molecule has 0 saturated heterocycles. The molecule has 24 heavy (non-hydrogen) atoms. The first kappa shape index (κ1) is 28.4. The summed E-state index contributed by atoms with van der Waals surface area (Å²) in [6.07, 6.45) is 8.67. The van der Waals surface area contributed by atoms with Crippen LogP contribution in [0.15, 0.2) is 16.7 Å². The molecule has 1 N–H and O–H groups in total. The molecule has 0 aromatic rings. The molecule has 1 fully saturated rings. The van der Waals surface area contributed by atoms with Crippen molar-refractivity contribution in [1.82, 2.24) is 0 Å². The zero-order valence-corrected chi connectivity index (χ0v) is 17.8. The smallest absolute Gasteiger partial charge is 0.857 e. The predicted octanol–water partition coefficient (Wildman–Crippen LogP) is 2.71. The Bertz CT molecular complexity index is 406. The molecule has 0 amide bonds. The summed E-state index contributed by atoms with van der Waals surface area (Å²) in [4.78, 5) is 10.4. The minimum atomic E-state index is -0.602. The first-order valence-electron chi connectivity index (χ1n) is 8.10. The van der Waals surface area contributed by atoms with E-state index >= 15 is 0 Å². The Kier molecular flexibility index (Phi) is 17.6. The van der Waals surface area contributed by atoms with Crippen LogP contribution in [0.4, 0.5) is 0 Å². The molecule has 2 aliphatic carbocycles. The summed E-state index contributed by atoms with van der Waals surface area (Å²) in [5.41, 5.74) is 4.39. The van der Waals surface area contributed by atoms with Gasteiger partial charge >= 0.3 is 27.7 Å². The number of carbonyl (C=O) groups is 1. The van der Waals surface area contributed by atoms with Gasteiger partial charge in [0.15, 0.2) is 0 Å². The summed E-state index contributed by atoms with van der Waals surface area (Å²) in [6.45, 7) is 10.9. The van der Waals surface area contributed by atoms with Gasteiger partial charge in [-0.2, -0.15) is 25.4 Å². The first-order valence-corrected chi connectivity index (χ1v) is 8.10. The van der Waals surface area contributed by atoms with E-state index < -0.39 is 5.97 Å². The minimum absolute atomic E-state index is 0. The van der Waals surface area contributed by atoms with Crippen LogP contribution < -0.4 is 10.2 Å². The largest absolute Gasteiger partial charge is 3.00 e. The molecule has 0 unspecified atom stereocenters. The monoisotopic (exact) mass is 373 g/mol. The maximum Gasteiger partial charge on any atom is 3.00 e. The Morgan fingerprint density at radius 1 is 1.04 bits per heavy atom. The van der Waals surface area contributed by atoms with Crippen LogP contribution in [0.3, 0.4) is 0 Å². The fourth-order valence-corrected chi connectivity index (χ4v) is 2.76.